The molecular formula is C24H28N2O6. The van der Waals surface area contributed by atoms with E-state index < -0.39 is 35.8 Å². The third kappa shape index (κ3) is 3.70. The Morgan fingerprint density at radius 3 is 1.31 bits per heavy atom. The molecule has 2 aliphatic rings. The first-order valence-corrected chi connectivity index (χ1v) is 10.6. The van der Waals surface area contributed by atoms with Gasteiger partial charge in [-0.3, -0.25) is 19.4 Å². The zero-order chi connectivity index (χ0) is 24.1. The van der Waals surface area contributed by atoms with Gasteiger partial charge in [0, 0.05) is 33.6 Å². The quantitative estimate of drug-likeness (QED) is 0.639. The fourth-order valence-electron chi connectivity index (χ4n) is 4.38. The maximum atomic E-state index is 13.2. The number of carbonyl (C=O) groups is 4. The van der Waals surface area contributed by atoms with Crippen molar-refractivity contribution in [1.29, 1.82) is 0 Å². The maximum Gasteiger partial charge on any atom is 0.326 e. The van der Waals surface area contributed by atoms with Gasteiger partial charge in [-0.2, -0.15) is 0 Å². The Morgan fingerprint density at radius 2 is 1.06 bits per heavy atom. The summed E-state index contributed by atoms with van der Waals surface area (Å²) in [5.74, 6) is -3.19. The van der Waals surface area contributed by atoms with E-state index in [2.05, 4.69) is 13.2 Å². The number of amides is 2. The molecule has 0 aliphatic carbocycles. The second kappa shape index (κ2) is 8.26. The molecule has 2 unspecified atom stereocenters. The fourth-order valence-corrected chi connectivity index (χ4v) is 4.38. The van der Waals surface area contributed by atoms with Crippen molar-refractivity contribution in [2.45, 2.75) is 52.6 Å². The minimum Gasteiger partial charge on any atom is -0.480 e. The lowest BCUT2D eigenvalue weighted by atomic mass is 9.99. The standard InChI is InChI=1S/C24H28N2O6/c1-11(2)7-19(23(29)30)25-13(5)15-9-18-16(10-17(15)21(25)27)14(6)26(22(18)28)20(24(31)32)8-12(3)4/h9-12,19-20H,5-8H2,1-4H3,(H,29,30)(H,31,32). The summed E-state index contributed by atoms with van der Waals surface area (Å²) in [5, 5.41) is 19.4. The normalized spacial score (nSPS) is 17.3. The Morgan fingerprint density at radius 1 is 0.750 bits per heavy atom. The first-order chi connectivity index (χ1) is 14.9. The van der Waals surface area contributed by atoms with Gasteiger partial charge < -0.3 is 10.2 Å². The highest BCUT2D eigenvalue weighted by Gasteiger charge is 2.44. The molecule has 3 rings (SSSR count). The largest absolute Gasteiger partial charge is 0.480 e. The smallest absolute Gasteiger partial charge is 0.326 e. The van der Waals surface area contributed by atoms with Crippen LogP contribution in [0.5, 0.6) is 0 Å². The van der Waals surface area contributed by atoms with Gasteiger partial charge in [-0.1, -0.05) is 40.9 Å². The van der Waals surface area contributed by atoms with Crippen molar-refractivity contribution < 1.29 is 29.4 Å². The van der Waals surface area contributed by atoms with Crippen LogP contribution in [0.25, 0.3) is 11.4 Å². The second-order valence-electron chi connectivity index (χ2n) is 9.15. The number of carbonyl (C=O) groups excluding carboxylic acids is 2. The van der Waals surface area contributed by atoms with Crippen LogP contribution in [0.4, 0.5) is 0 Å². The molecule has 2 atom stereocenters. The molecule has 0 saturated carbocycles. The second-order valence-corrected chi connectivity index (χ2v) is 9.15. The summed E-state index contributed by atoms with van der Waals surface area (Å²) < 4.78 is 0. The Balaban J connectivity index is 2.03. The van der Waals surface area contributed by atoms with E-state index in [1.807, 2.05) is 27.7 Å². The van der Waals surface area contributed by atoms with Gasteiger partial charge in [0.05, 0.1) is 0 Å². The van der Waals surface area contributed by atoms with E-state index in [4.69, 9.17) is 0 Å². The number of hydrogen-bond acceptors (Lipinski definition) is 4. The zero-order valence-electron chi connectivity index (χ0n) is 18.7. The fraction of sp³-hybridized carbons (Fsp3) is 0.417. The van der Waals surface area contributed by atoms with Gasteiger partial charge in [-0.15, -0.1) is 0 Å². The molecule has 2 N–H and O–H groups in total. The van der Waals surface area contributed by atoms with Gasteiger partial charge in [0.25, 0.3) is 11.8 Å². The molecule has 0 fully saturated rings. The van der Waals surface area contributed by atoms with Gasteiger partial charge in [-0.05, 0) is 36.8 Å². The Labute approximate surface area is 186 Å². The molecule has 0 bridgehead atoms. The van der Waals surface area contributed by atoms with Gasteiger partial charge in [0.2, 0.25) is 0 Å². The molecule has 32 heavy (non-hydrogen) atoms. The lowest BCUT2D eigenvalue weighted by molar-refractivity contribution is -0.142. The number of carboxylic acid groups (broad SMARTS) is 2. The van der Waals surface area contributed by atoms with Crippen LogP contribution in [0.2, 0.25) is 0 Å². The van der Waals surface area contributed by atoms with E-state index in [-0.39, 0.29) is 47.2 Å². The third-order valence-corrected chi connectivity index (χ3v) is 5.84. The molecule has 2 heterocycles. The summed E-state index contributed by atoms with van der Waals surface area (Å²) in [7, 11) is 0. The molecule has 170 valence electrons. The van der Waals surface area contributed by atoms with Crippen LogP contribution in [-0.2, 0) is 9.59 Å². The lowest BCUT2D eigenvalue weighted by Crippen LogP contribution is -2.41. The van der Waals surface area contributed by atoms with E-state index in [1.54, 1.807) is 0 Å². The van der Waals surface area contributed by atoms with E-state index in [1.165, 1.54) is 21.9 Å². The average Bonchev–Trinajstić information content (AvgIpc) is 3.07. The molecule has 8 nitrogen and oxygen atoms in total. The Hall–Kier alpha value is -3.42. The van der Waals surface area contributed by atoms with Crippen LogP contribution in [0.15, 0.2) is 25.3 Å². The minimum atomic E-state index is -1.13. The molecule has 8 heteroatoms. The lowest BCUT2D eigenvalue weighted by Gasteiger charge is -2.27. The molecule has 2 amide bonds. The number of fused-ring (bicyclic) bond motifs is 2. The number of hydrogen-bond donors (Lipinski definition) is 2. The van der Waals surface area contributed by atoms with Crippen LogP contribution >= 0.6 is 0 Å². The van der Waals surface area contributed by atoms with Crippen molar-refractivity contribution in [3.8, 4) is 0 Å². The van der Waals surface area contributed by atoms with Gasteiger partial charge in [0.1, 0.15) is 12.1 Å². The molecule has 2 aliphatic heterocycles. The highest BCUT2D eigenvalue weighted by Crippen LogP contribution is 2.42. The van der Waals surface area contributed by atoms with Gasteiger partial charge >= 0.3 is 11.9 Å². The molecular weight excluding hydrogens is 412 g/mol. The monoisotopic (exact) mass is 440 g/mol. The zero-order valence-corrected chi connectivity index (χ0v) is 18.7. The summed E-state index contributed by atoms with van der Waals surface area (Å²) >= 11 is 0. The number of aliphatic carboxylic acids is 2. The van der Waals surface area contributed by atoms with E-state index in [0.29, 0.717) is 11.1 Å². The van der Waals surface area contributed by atoms with Crippen LogP contribution in [0.1, 0.15) is 72.4 Å². The summed E-state index contributed by atoms with van der Waals surface area (Å²) in [4.78, 5) is 52.4. The van der Waals surface area contributed by atoms with Crippen molar-refractivity contribution in [1.82, 2.24) is 9.80 Å². The highest BCUT2D eigenvalue weighted by atomic mass is 16.4. The molecule has 1 aromatic carbocycles. The number of carboxylic acids is 2. The topological polar surface area (TPSA) is 115 Å². The van der Waals surface area contributed by atoms with E-state index in [9.17, 15) is 29.4 Å². The highest BCUT2D eigenvalue weighted by molar-refractivity contribution is 6.16. The average molecular weight is 440 g/mol. The molecule has 0 saturated heterocycles. The van der Waals surface area contributed by atoms with E-state index in [0.717, 1.165) is 0 Å². The molecule has 1 aromatic rings. The third-order valence-electron chi connectivity index (χ3n) is 5.84. The van der Waals surface area contributed by atoms with Crippen LogP contribution in [-0.4, -0.2) is 55.8 Å². The summed E-state index contributed by atoms with van der Waals surface area (Å²) in [6.45, 7) is 15.3. The number of rotatable bonds is 8. The Kier molecular flexibility index (Phi) is 6.00. The van der Waals surface area contributed by atoms with Crippen LogP contribution in [0, 0.1) is 11.8 Å². The van der Waals surface area contributed by atoms with Crippen molar-refractivity contribution >= 4 is 35.1 Å². The van der Waals surface area contributed by atoms with Crippen molar-refractivity contribution in [2.75, 3.05) is 0 Å². The summed E-state index contributed by atoms with van der Waals surface area (Å²) in [6, 6.07) is 0.854. The maximum absolute atomic E-state index is 13.2. The molecule has 0 radical (unpaired) electrons. The summed E-state index contributed by atoms with van der Waals surface area (Å²) in [6.07, 6.45) is 0.505. The van der Waals surface area contributed by atoms with Crippen molar-refractivity contribution in [3.05, 3.63) is 47.5 Å². The van der Waals surface area contributed by atoms with Crippen molar-refractivity contribution in [3.63, 3.8) is 0 Å². The molecule has 0 spiro atoms. The Bertz CT molecular complexity index is 921. The first kappa shape index (κ1) is 23.2. The van der Waals surface area contributed by atoms with Gasteiger partial charge in [0.15, 0.2) is 0 Å². The predicted octanol–water partition coefficient (Wildman–Crippen LogP) is 3.54. The predicted molar refractivity (Wildman–Crippen MR) is 119 cm³/mol. The number of nitrogens with zero attached hydrogens (tertiary/aromatic N) is 2. The van der Waals surface area contributed by atoms with Crippen molar-refractivity contribution in [2.24, 2.45) is 11.8 Å². The first-order valence-electron chi connectivity index (χ1n) is 10.6. The van der Waals surface area contributed by atoms with Crippen LogP contribution in [0.3, 0.4) is 0 Å². The van der Waals surface area contributed by atoms with E-state index >= 15 is 0 Å². The van der Waals surface area contributed by atoms with Gasteiger partial charge in [-0.25, -0.2) is 9.59 Å². The summed E-state index contributed by atoms with van der Waals surface area (Å²) in [5.41, 5.74) is 1.65. The number of benzene rings is 1. The van der Waals surface area contributed by atoms with Crippen LogP contribution < -0.4 is 0 Å². The SMILES string of the molecule is C=C1c2cc3c(cc2C(=O)N1C(CC(C)C)C(=O)O)C(=C)N(C(CC(C)C)C(=O)O)C3=O. The minimum absolute atomic E-state index is 0.0363. The molecule has 0 aromatic heterocycles.